The van der Waals surface area contributed by atoms with Gasteiger partial charge in [-0.05, 0) is 50.5 Å². The van der Waals surface area contributed by atoms with E-state index in [9.17, 15) is 9.59 Å². The topological polar surface area (TPSA) is 96.5 Å². The van der Waals surface area contributed by atoms with Crippen LogP contribution in [-0.4, -0.2) is 35.4 Å². The number of halogens is 1. The van der Waals surface area contributed by atoms with E-state index in [4.69, 9.17) is 16.3 Å². The van der Waals surface area contributed by atoms with Gasteiger partial charge in [-0.15, -0.1) is 11.3 Å². The third kappa shape index (κ3) is 6.78. The van der Waals surface area contributed by atoms with E-state index in [2.05, 4.69) is 20.6 Å². The molecule has 8 nitrogen and oxygen atoms in total. The molecule has 4 rings (SSSR count). The lowest BCUT2D eigenvalue weighted by Crippen LogP contribution is -2.44. The average molecular weight is 542 g/mol. The number of ether oxygens (including phenoxy) is 1. The highest BCUT2D eigenvalue weighted by atomic mass is 35.5. The number of carbonyl (C=O) groups is 2. The van der Waals surface area contributed by atoms with Crippen LogP contribution in [0.5, 0.6) is 5.88 Å². The van der Waals surface area contributed by atoms with Gasteiger partial charge in [0.15, 0.2) is 0 Å². The second-order valence-corrected chi connectivity index (χ2v) is 10.9. The Kier molecular flexibility index (Phi) is 9.00. The van der Waals surface area contributed by atoms with E-state index in [1.807, 2.05) is 32.0 Å². The van der Waals surface area contributed by atoms with E-state index in [-0.39, 0.29) is 11.9 Å². The van der Waals surface area contributed by atoms with Gasteiger partial charge in [0, 0.05) is 17.1 Å². The molecule has 37 heavy (non-hydrogen) atoms. The molecule has 0 aliphatic heterocycles. The van der Waals surface area contributed by atoms with Gasteiger partial charge in [0.25, 0.3) is 0 Å². The number of aromatic nitrogens is 2. The lowest BCUT2D eigenvalue weighted by atomic mass is 9.97. The SMILES string of the molecule is COc1ccc(NC(=O)[C@H](CC2CCCC2)N(C=O)c2ccc([C@H](C)Nc3cc(Cl)cnc3C)s2)cn1. The highest BCUT2D eigenvalue weighted by Gasteiger charge is 2.31. The molecule has 1 fully saturated rings. The highest BCUT2D eigenvalue weighted by molar-refractivity contribution is 7.16. The molecule has 0 spiro atoms. The van der Waals surface area contributed by atoms with Crippen LogP contribution in [0.1, 0.15) is 55.6 Å². The minimum atomic E-state index is -0.628. The molecule has 0 aromatic carbocycles. The Morgan fingerprint density at radius 2 is 2.03 bits per heavy atom. The van der Waals surface area contributed by atoms with Crippen LogP contribution in [0, 0.1) is 12.8 Å². The van der Waals surface area contributed by atoms with E-state index in [1.165, 1.54) is 11.3 Å². The highest BCUT2D eigenvalue weighted by Crippen LogP contribution is 2.36. The first-order valence-electron chi connectivity index (χ1n) is 12.4. The number of hydrogen-bond acceptors (Lipinski definition) is 7. The fourth-order valence-corrected chi connectivity index (χ4v) is 5.84. The molecular weight excluding hydrogens is 510 g/mol. The van der Waals surface area contributed by atoms with Crippen LogP contribution < -0.4 is 20.3 Å². The summed E-state index contributed by atoms with van der Waals surface area (Å²) >= 11 is 7.61. The van der Waals surface area contributed by atoms with E-state index < -0.39 is 6.04 Å². The Bertz CT molecular complexity index is 1210. The lowest BCUT2D eigenvalue weighted by molar-refractivity contribution is -0.119. The zero-order valence-corrected chi connectivity index (χ0v) is 22.8. The predicted octanol–water partition coefficient (Wildman–Crippen LogP) is 6.23. The summed E-state index contributed by atoms with van der Waals surface area (Å²) in [5.41, 5.74) is 2.26. The van der Waals surface area contributed by atoms with E-state index >= 15 is 0 Å². The molecule has 3 aromatic heterocycles. The van der Waals surface area contributed by atoms with Crippen LogP contribution in [0.2, 0.25) is 5.02 Å². The number of methoxy groups -OCH3 is 1. The fourth-order valence-electron chi connectivity index (χ4n) is 4.66. The second-order valence-electron chi connectivity index (χ2n) is 9.32. The Balaban J connectivity index is 1.53. The molecule has 196 valence electrons. The van der Waals surface area contributed by atoms with Crippen molar-refractivity contribution in [1.29, 1.82) is 0 Å². The first-order chi connectivity index (χ1) is 17.9. The molecule has 2 atom stereocenters. The standard InChI is InChI=1S/C27H32ClN5O3S/c1-17-22(13-20(28)14-29-17)31-18(2)24-9-11-26(37-24)33(16-34)23(12-19-6-4-5-7-19)27(35)32-21-8-10-25(36-3)30-15-21/h8-11,13-16,18-19,23,31H,4-7,12H2,1-3H3,(H,32,35)/t18-,23-/m0/s1. The minimum Gasteiger partial charge on any atom is -0.481 e. The van der Waals surface area contributed by atoms with Crippen LogP contribution in [0.4, 0.5) is 16.4 Å². The van der Waals surface area contributed by atoms with E-state index in [0.717, 1.165) is 53.4 Å². The van der Waals surface area contributed by atoms with Crippen molar-refractivity contribution in [3.05, 3.63) is 58.3 Å². The number of amides is 2. The molecule has 3 aromatic rings. The van der Waals surface area contributed by atoms with Crippen LogP contribution in [0.3, 0.4) is 0 Å². The fraction of sp³-hybridized carbons (Fsp3) is 0.407. The van der Waals surface area contributed by atoms with Crippen molar-refractivity contribution in [3.63, 3.8) is 0 Å². The summed E-state index contributed by atoms with van der Waals surface area (Å²) < 4.78 is 5.10. The van der Waals surface area contributed by atoms with Crippen molar-refractivity contribution >= 4 is 51.6 Å². The van der Waals surface area contributed by atoms with Gasteiger partial charge in [-0.1, -0.05) is 37.3 Å². The zero-order chi connectivity index (χ0) is 26.4. The smallest absolute Gasteiger partial charge is 0.247 e. The Labute approximate surface area is 226 Å². The molecule has 2 N–H and O–H groups in total. The maximum absolute atomic E-state index is 13.5. The molecule has 3 heterocycles. The van der Waals surface area contributed by atoms with Crippen molar-refractivity contribution in [1.82, 2.24) is 9.97 Å². The number of pyridine rings is 2. The summed E-state index contributed by atoms with van der Waals surface area (Å²) in [4.78, 5) is 36.9. The van der Waals surface area contributed by atoms with E-state index in [0.29, 0.717) is 28.9 Å². The van der Waals surface area contributed by atoms with Crippen molar-refractivity contribution in [2.75, 3.05) is 22.6 Å². The largest absolute Gasteiger partial charge is 0.481 e. The molecule has 1 aliphatic carbocycles. The number of aryl methyl sites for hydroxylation is 1. The van der Waals surface area contributed by atoms with Crippen molar-refractivity contribution in [3.8, 4) is 5.88 Å². The van der Waals surface area contributed by atoms with Gasteiger partial charge < -0.3 is 15.4 Å². The van der Waals surface area contributed by atoms with Gasteiger partial charge in [0.2, 0.25) is 18.2 Å². The molecular formula is C27H32ClN5O3S. The maximum atomic E-state index is 13.5. The summed E-state index contributed by atoms with van der Waals surface area (Å²) in [6.07, 6.45) is 9.02. The number of nitrogens with one attached hydrogen (secondary N) is 2. The number of nitrogens with zero attached hydrogens (tertiary/aromatic N) is 3. The lowest BCUT2D eigenvalue weighted by Gasteiger charge is -2.28. The maximum Gasteiger partial charge on any atom is 0.247 e. The number of thiophene rings is 1. The third-order valence-electron chi connectivity index (χ3n) is 6.72. The number of carbonyl (C=O) groups excluding carboxylic acids is 2. The molecule has 1 saturated carbocycles. The number of anilines is 3. The van der Waals surface area contributed by atoms with Gasteiger partial charge in [0.05, 0.1) is 46.4 Å². The van der Waals surface area contributed by atoms with Crippen LogP contribution in [0.15, 0.2) is 42.7 Å². The first kappa shape index (κ1) is 26.9. The summed E-state index contributed by atoms with van der Waals surface area (Å²) in [5.74, 6) is 0.644. The van der Waals surface area contributed by atoms with Crippen LogP contribution in [0.25, 0.3) is 0 Å². The number of hydrogen-bond donors (Lipinski definition) is 2. The summed E-state index contributed by atoms with van der Waals surface area (Å²) in [7, 11) is 1.54. The molecule has 10 heteroatoms. The van der Waals surface area contributed by atoms with Crippen LogP contribution in [-0.2, 0) is 9.59 Å². The molecule has 1 aliphatic rings. The Morgan fingerprint density at radius 1 is 1.24 bits per heavy atom. The minimum absolute atomic E-state index is 0.0429. The van der Waals surface area contributed by atoms with Gasteiger partial charge in [-0.3, -0.25) is 19.5 Å². The Morgan fingerprint density at radius 3 is 2.70 bits per heavy atom. The van der Waals surface area contributed by atoms with Gasteiger partial charge in [-0.25, -0.2) is 4.98 Å². The normalized spacial score (nSPS) is 15.1. The average Bonchev–Trinajstić information content (AvgIpc) is 3.59. The van der Waals surface area contributed by atoms with Gasteiger partial charge >= 0.3 is 0 Å². The Hall–Kier alpha value is -3.17. The van der Waals surface area contributed by atoms with E-state index in [1.54, 1.807) is 36.5 Å². The zero-order valence-electron chi connectivity index (χ0n) is 21.2. The third-order valence-corrected chi connectivity index (χ3v) is 8.20. The summed E-state index contributed by atoms with van der Waals surface area (Å²) in [5, 5.41) is 7.68. The van der Waals surface area contributed by atoms with Gasteiger partial charge in [-0.2, -0.15) is 0 Å². The molecule has 0 radical (unpaired) electrons. The second kappa shape index (κ2) is 12.4. The quantitative estimate of drug-likeness (QED) is 0.279. The molecule has 2 amide bonds. The summed E-state index contributed by atoms with van der Waals surface area (Å²) in [6.45, 7) is 3.96. The summed E-state index contributed by atoms with van der Waals surface area (Å²) in [6, 6.07) is 8.50. The molecule has 0 unspecified atom stereocenters. The number of rotatable bonds is 11. The van der Waals surface area contributed by atoms with Crippen molar-refractivity contribution in [2.24, 2.45) is 5.92 Å². The van der Waals surface area contributed by atoms with Crippen molar-refractivity contribution < 1.29 is 14.3 Å². The van der Waals surface area contributed by atoms with Gasteiger partial charge in [0.1, 0.15) is 6.04 Å². The monoisotopic (exact) mass is 541 g/mol. The van der Waals surface area contributed by atoms with Crippen molar-refractivity contribution in [2.45, 2.75) is 58.0 Å². The molecule has 0 saturated heterocycles. The first-order valence-corrected chi connectivity index (χ1v) is 13.6. The van der Waals surface area contributed by atoms with Crippen LogP contribution >= 0.6 is 22.9 Å². The molecule has 0 bridgehead atoms. The predicted molar refractivity (Wildman–Crippen MR) is 149 cm³/mol.